The van der Waals surface area contributed by atoms with Crippen LogP contribution in [0.25, 0.3) is 0 Å². The van der Waals surface area contributed by atoms with Gasteiger partial charge in [0, 0.05) is 26.1 Å². The predicted octanol–water partition coefficient (Wildman–Crippen LogP) is 3.23. The van der Waals surface area contributed by atoms with E-state index in [1.54, 1.807) is 19.2 Å². The molecule has 7 nitrogen and oxygen atoms in total. The van der Waals surface area contributed by atoms with Crippen LogP contribution in [-0.4, -0.2) is 45.8 Å². The lowest BCUT2D eigenvalue weighted by molar-refractivity contribution is -0.126. The fraction of sp³-hybridized carbons (Fsp3) is 0.391. The Balaban J connectivity index is 1.65. The number of carbonyl (C=O) groups is 2. The molecule has 0 saturated carbocycles. The molecule has 2 atom stereocenters. The van der Waals surface area contributed by atoms with Gasteiger partial charge in [-0.1, -0.05) is 6.07 Å². The molecule has 3 rings (SSSR count). The summed E-state index contributed by atoms with van der Waals surface area (Å²) < 4.78 is 43.2. The van der Waals surface area contributed by atoms with Crippen molar-refractivity contribution in [3.63, 3.8) is 0 Å². The third-order valence-corrected chi connectivity index (χ3v) is 5.29. The number of carbonyl (C=O) groups excluding carboxylic acids is 2. The number of hydrogen-bond donors (Lipinski definition) is 1. The lowest BCUT2D eigenvalue weighted by Gasteiger charge is -2.20. The van der Waals surface area contributed by atoms with Crippen LogP contribution < -0.4 is 19.7 Å². The molecule has 2 aromatic rings. The van der Waals surface area contributed by atoms with Gasteiger partial charge in [0.05, 0.1) is 31.4 Å². The van der Waals surface area contributed by atoms with Gasteiger partial charge in [-0.3, -0.25) is 9.59 Å². The zero-order valence-corrected chi connectivity index (χ0v) is 18.2. The van der Waals surface area contributed by atoms with Gasteiger partial charge in [-0.15, -0.1) is 0 Å². The molecule has 9 heteroatoms. The third-order valence-electron chi connectivity index (χ3n) is 5.29. The van der Waals surface area contributed by atoms with E-state index in [1.165, 1.54) is 18.1 Å². The Hall–Kier alpha value is -3.20. The summed E-state index contributed by atoms with van der Waals surface area (Å²) in [5.41, 5.74) is 0.758. The summed E-state index contributed by atoms with van der Waals surface area (Å²) >= 11 is 0. The van der Waals surface area contributed by atoms with Crippen LogP contribution in [0.4, 0.5) is 14.5 Å². The zero-order chi connectivity index (χ0) is 23.3. The Morgan fingerprint density at radius 3 is 2.62 bits per heavy atom. The first-order chi connectivity index (χ1) is 15.3. The van der Waals surface area contributed by atoms with Gasteiger partial charge < -0.3 is 24.4 Å². The molecule has 1 saturated heterocycles. The number of amides is 2. The summed E-state index contributed by atoms with van der Waals surface area (Å²) in [7, 11) is 3.11. The fourth-order valence-corrected chi connectivity index (χ4v) is 3.54. The second kappa shape index (κ2) is 10.4. The number of nitrogens with one attached hydrogen (secondary N) is 1. The quantitative estimate of drug-likeness (QED) is 0.596. The first-order valence-corrected chi connectivity index (χ1v) is 10.2. The van der Waals surface area contributed by atoms with Crippen molar-refractivity contribution in [3.05, 3.63) is 53.6 Å². The van der Waals surface area contributed by atoms with E-state index in [0.29, 0.717) is 30.8 Å². The van der Waals surface area contributed by atoms with Gasteiger partial charge >= 0.3 is 0 Å². The summed E-state index contributed by atoms with van der Waals surface area (Å²) in [6, 6.07) is 7.98. The minimum Gasteiger partial charge on any atom is -0.493 e. The SMILES string of the molecule is COCCOc1ccc(C(C)NC(=O)C2CC(=O)N(c3ccc(F)cc3F)C2)cc1OC. The van der Waals surface area contributed by atoms with Gasteiger partial charge in [-0.25, -0.2) is 8.78 Å². The molecule has 1 N–H and O–H groups in total. The van der Waals surface area contributed by atoms with Crippen molar-refractivity contribution in [1.29, 1.82) is 0 Å². The minimum atomic E-state index is -0.840. The average molecular weight is 448 g/mol. The lowest BCUT2D eigenvalue weighted by atomic mass is 10.0. The van der Waals surface area contributed by atoms with Crippen molar-refractivity contribution in [1.82, 2.24) is 5.32 Å². The van der Waals surface area contributed by atoms with E-state index in [2.05, 4.69) is 5.32 Å². The highest BCUT2D eigenvalue weighted by Crippen LogP contribution is 2.31. The normalized spacial score (nSPS) is 16.7. The number of anilines is 1. The van der Waals surface area contributed by atoms with E-state index in [-0.39, 0.29) is 36.5 Å². The molecule has 2 unspecified atom stereocenters. The van der Waals surface area contributed by atoms with Gasteiger partial charge in [-0.05, 0) is 36.8 Å². The van der Waals surface area contributed by atoms with Crippen LogP contribution in [0.3, 0.4) is 0 Å². The van der Waals surface area contributed by atoms with Crippen molar-refractivity contribution in [2.75, 3.05) is 38.9 Å². The highest BCUT2D eigenvalue weighted by molar-refractivity contribution is 6.00. The summed E-state index contributed by atoms with van der Waals surface area (Å²) in [4.78, 5) is 26.3. The molecule has 1 aliphatic rings. The molecule has 0 aliphatic carbocycles. The van der Waals surface area contributed by atoms with E-state index in [9.17, 15) is 18.4 Å². The van der Waals surface area contributed by atoms with Crippen LogP contribution in [0.2, 0.25) is 0 Å². The lowest BCUT2D eigenvalue weighted by Crippen LogP contribution is -2.34. The predicted molar refractivity (Wildman–Crippen MR) is 114 cm³/mol. The molecule has 2 amide bonds. The van der Waals surface area contributed by atoms with Gasteiger partial charge in [0.25, 0.3) is 0 Å². The van der Waals surface area contributed by atoms with Crippen LogP contribution in [0.1, 0.15) is 24.9 Å². The molecular weight excluding hydrogens is 422 g/mol. The van der Waals surface area contributed by atoms with E-state index < -0.39 is 17.6 Å². The van der Waals surface area contributed by atoms with Gasteiger partial charge in [0.2, 0.25) is 11.8 Å². The van der Waals surface area contributed by atoms with Crippen molar-refractivity contribution < 1.29 is 32.6 Å². The number of halogens is 2. The maximum atomic E-state index is 14.1. The number of nitrogens with zero attached hydrogens (tertiary/aromatic N) is 1. The molecule has 32 heavy (non-hydrogen) atoms. The molecule has 0 bridgehead atoms. The average Bonchev–Trinajstić information content (AvgIpc) is 3.15. The smallest absolute Gasteiger partial charge is 0.227 e. The fourth-order valence-electron chi connectivity index (χ4n) is 3.54. The van der Waals surface area contributed by atoms with E-state index in [1.807, 2.05) is 13.0 Å². The minimum absolute atomic E-state index is 0.0234. The number of hydrogen-bond acceptors (Lipinski definition) is 5. The first-order valence-electron chi connectivity index (χ1n) is 10.2. The van der Waals surface area contributed by atoms with Gasteiger partial charge in [0.15, 0.2) is 11.5 Å². The highest BCUT2D eigenvalue weighted by atomic mass is 19.1. The molecule has 172 valence electrons. The topological polar surface area (TPSA) is 77.1 Å². The van der Waals surface area contributed by atoms with E-state index >= 15 is 0 Å². The molecule has 0 radical (unpaired) electrons. The molecule has 1 fully saturated rings. The maximum Gasteiger partial charge on any atom is 0.227 e. The monoisotopic (exact) mass is 448 g/mol. The molecular formula is C23H26F2N2O5. The van der Waals surface area contributed by atoms with Crippen LogP contribution in [-0.2, 0) is 14.3 Å². The second-order valence-corrected chi connectivity index (χ2v) is 7.48. The third kappa shape index (κ3) is 5.34. The Morgan fingerprint density at radius 1 is 1.16 bits per heavy atom. The maximum absolute atomic E-state index is 14.1. The highest BCUT2D eigenvalue weighted by Gasteiger charge is 2.36. The van der Waals surface area contributed by atoms with Crippen molar-refractivity contribution >= 4 is 17.5 Å². The number of methoxy groups -OCH3 is 2. The molecule has 1 heterocycles. The van der Waals surface area contributed by atoms with E-state index in [0.717, 1.165) is 11.6 Å². The summed E-state index contributed by atoms with van der Waals surface area (Å²) in [5.74, 6) is -1.84. The molecule has 0 spiro atoms. The Labute approximate surface area is 185 Å². The summed E-state index contributed by atoms with van der Waals surface area (Å²) in [6.07, 6.45) is -0.0506. The Kier molecular flexibility index (Phi) is 7.63. The van der Waals surface area contributed by atoms with Crippen molar-refractivity contribution in [3.8, 4) is 11.5 Å². The van der Waals surface area contributed by atoms with E-state index in [4.69, 9.17) is 14.2 Å². The second-order valence-electron chi connectivity index (χ2n) is 7.48. The van der Waals surface area contributed by atoms with Crippen LogP contribution in [0.5, 0.6) is 11.5 Å². The van der Waals surface area contributed by atoms with Crippen LogP contribution >= 0.6 is 0 Å². The van der Waals surface area contributed by atoms with Crippen LogP contribution in [0.15, 0.2) is 36.4 Å². The van der Waals surface area contributed by atoms with Gasteiger partial charge in [0.1, 0.15) is 18.2 Å². The first kappa shape index (κ1) is 23.5. The Morgan fingerprint density at radius 2 is 1.94 bits per heavy atom. The molecule has 2 aromatic carbocycles. The largest absolute Gasteiger partial charge is 0.493 e. The standard InChI is InChI=1S/C23H26F2N2O5/c1-14(15-4-7-20(21(10-15)31-3)32-9-8-30-2)26-23(29)16-11-22(28)27(13-16)19-6-5-17(24)12-18(19)25/h4-7,10,12,14,16H,8-9,11,13H2,1-3H3,(H,26,29). The Bertz CT molecular complexity index is 985. The summed E-state index contributed by atoms with van der Waals surface area (Å²) in [5, 5.41) is 2.89. The van der Waals surface area contributed by atoms with Crippen LogP contribution in [0, 0.1) is 17.6 Å². The summed E-state index contributed by atoms with van der Waals surface area (Å²) in [6.45, 7) is 2.65. The molecule has 1 aliphatic heterocycles. The zero-order valence-electron chi connectivity index (χ0n) is 18.2. The number of benzene rings is 2. The van der Waals surface area contributed by atoms with Crippen molar-refractivity contribution in [2.45, 2.75) is 19.4 Å². The number of ether oxygens (including phenoxy) is 3. The molecule has 0 aromatic heterocycles. The number of rotatable bonds is 9. The van der Waals surface area contributed by atoms with Gasteiger partial charge in [-0.2, -0.15) is 0 Å². The van der Waals surface area contributed by atoms with Crippen molar-refractivity contribution in [2.24, 2.45) is 5.92 Å².